The Bertz CT molecular complexity index is 345. The summed E-state index contributed by atoms with van der Waals surface area (Å²) in [7, 11) is 1.75. The number of hydrogen-bond acceptors (Lipinski definition) is 4. The lowest BCUT2D eigenvalue weighted by atomic mass is 10.1. The van der Waals surface area contributed by atoms with E-state index in [2.05, 4.69) is 5.16 Å². The molecule has 5 heteroatoms. The van der Waals surface area contributed by atoms with Crippen molar-refractivity contribution in [1.82, 2.24) is 10.1 Å². The molecule has 0 aliphatic carbocycles. The monoisotopic (exact) mass is 225 g/mol. The molecule has 0 aliphatic rings. The van der Waals surface area contributed by atoms with E-state index in [9.17, 15) is 4.79 Å². The molecule has 1 amide bonds. The van der Waals surface area contributed by atoms with Gasteiger partial charge < -0.3 is 15.2 Å². The Hall–Kier alpha value is -1.36. The second-order valence-electron chi connectivity index (χ2n) is 3.96. The van der Waals surface area contributed by atoms with Crippen molar-refractivity contribution < 1.29 is 9.32 Å². The minimum Gasteiger partial charge on any atom is -0.361 e. The highest BCUT2D eigenvalue weighted by molar-refractivity contribution is 5.78. The van der Waals surface area contributed by atoms with Gasteiger partial charge in [-0.2, -0.15) is 0 Å². The Balaban J connectivity index is 2.57. The van der Waals surface area contributed by atoms with Crippen LogP contribution in [0.4, 0.5) is 0 Å². The van der Waals surface area contributed by atoms with Gasteiger partial charge in [0.2, 0.25) is 5.91 Å². The van der Waals surface area contributed by atoms with Crippen molar-refractivity contribution in [1.29, 1.82) is 0 Å². The minimum absolute atomic E-state index is 0.0608. The second kappa shape index (κ2) is 5.65. The van der Waals surface area contributed by atoms with Gasteiger partial charge in [0.1, 0.15) is 11.5 Å². The fourth-order valence-corrected chi connectivity index (χ4v) is 1.57. The number of rotatable bonds is 5. The molecule has 16 heavy (non-hydrogen) atoms. The Morgan fingerprint density at radius 1 is 1.69 bits per heavy atom. The third kappa shape index (κ3) is 3.06. The molecule has 1 rings (SSSR count). The molecule has 0 aliphatic heterocycles. The third-order valence-corrected chi connectivity index (χ3v) is 2.58. The molecule has 90 valence electrons. The van der Waals surface area contributed by atoms with Gasteiger partial charge in [0.05, 0.1) is 12.5 Å². The quantitative estimate of drug-likeness (QED) is 0.809. The zero-order chi connectivity index (χ0) is 12.1. The largest absolute Gasteiger partial charge is 0.361 e. The van der Waals surface area contributed by atoms with Gasteiger partial charge in [0.25, 0.3) is 0 Å². The highest BCUT2D eigenvalue weighted by Gasteiger charge is 2.19. The maximum absolute atomic E-state index is 11.9. The van der Waals surface area contributed by atoms with Crippen LogP contribution in [0.1, 0.15) is 24.8 Å². The first-order valence-corrected chi connectivity index (χ1v) is 5.45. The topological polar surface area (TPSA) is 72.4 Å². The van der Waals surface area contributed by atoms with Crippen LogP contribution in [0.2, 0.25) is 0 Å². The molecule has 0 aromatic carbocycles. The molecule has 1 atom stereocenters. The number of hydrogen-bond donors (Lipinski definition) is 1. The predicted molar refractivity (Wildman–Crippen MR) is 60.5 cm³/mol. The van der Waals surface area contributed by atoms with Crippen LogP contribution in [0.15, 0.2) is 10.6 Å². The summed E-state index contributed by atoms with van der Waals surface area (Å²) in [6.45, 7) is 4.64. The summed E-state index contributed by atoms with van der Waals surface area (Å²) in [5.74, 6) is 0.713. The number of carbonyl (C=O) groups excluding carboxylic acids is 1. The molecule has 0 bridgehead atoms. The van der Waals surface area contributed by atoms with E-state index in [4.69, 9.17) is 10.3 Å². The molecule has 2 N–H and O–H groups in total. The van der Waals surface area contributed by atoms with Crippen molar-refractivity contribution in [2.45, 2.75) is 26.8 Å². The standard InChI is InChI=1S/C11H19N3O2/c1-4-9(6-12)11(15)14(3)7-10-5-8(2)16-13-10/h5,9H,4,6-7,12H2,1-3H3. The van der Waals surface area contributed by atoms with Crippen molar-refractivity contribution in [2.24, 2.45) is 11.7 Å². The van der Waals surface area contributed by atoms with E-state index in [1.54, 1.807) is 11.9 Å². The molecule has 1 aromatic rings. The summed E-state index contributed by atoms with van der Waals surface area (Å²) in [5, 5.41) is 3.85. The number of aryl methyl sites for hydroxylation is 1. The van der Waals surface area contributed by atoms with Crippen molar-refractivity contribution >= 4 is 5.91 Å². The highest BCUT2D eigenvalue weighted by Crippen LogP contribution is 2.09. The second-order valence-corrected chi connectivity index (χ2v) is 3.96. The number of amides is 1. The Labute approximate surface area is 95.6 Å². The van der Waals surface area contributed by atoms with E-state index < -0.39 is 0 Å². The summed E-state index contributed by atoms with van der Waals surface area (Å²) in [5.41, 5.74) is 6.30. The van der Waals surface area contributed by atoms with Gasteiger partial charge in [-0.3, -0.25) is 4.79 Å². The lowest BCUT2D eigenvalue weighted by Crippen LogP contribution is -2.36. The molecule has 0 saturated heterocycles. The molecule has 1 unspecified atom stereocenters. The smallest absolute Gasteiger partial charge is 0.227 e. The molecule has 5 nitrogen and oxygen atoms in total. The van der Waals surface area contributed by atoms with E-state index in [-0.39, 0.29) is 11.8 Å². The average Bonchev–Trinajstić information content (AvgIpc) is 2.65. The van der Waals surface area contributed by atoms with Crippen LogP contribution < -0.4 is 5.73 Å². The van der Waals surface area contributed by atoms with Gasteiger partial charge in [-0.05, 0) is 13.3 Å². The van der Waals surface area contributed by atoms with Crippen LogP contribution >= 0.6 is 0 Å². The van der Waals surface area contributed by atoms with Gasteiger partial charge in [0, 0.05) is 19.7 Å². The number of carbonyl (C=O) groups is 1. The van der Waals surface area contributed by atoms with Crippen LogP contribution in [0.25, 0.3) is 0 Å². The fraction of sp³-hybridized carbons (Fsp3) is 0.636. The molecular weight excluding hydrogens is 206 g/mol. The number of nitrogens with zero attached hydrogens (tertiary/aromatic N) is 2. The van der Waals surface area contributed by atoms with Crippen molar-refractivity contribution in [2.75, 3.05) is 13.6 Å². The van der Waals surface area contributed by atoms with Gasteiger partial charge in [-0.15, -0.1) is 0 Å². The van der Waals surface area contributed by atoms with Crippen molar-refractivity contribution in [3.8, 4) is 0 Å². The lowest BCUT2D eigenvalue weighted by molar-refractivity contribution is -0.134. The molecule has 0 saturated carbocycles. The minimum atomic E-state index is -0.0991. The van der Waals surface area contributed by atoms with Gasteiger partial charge in [-0.25, -0.2) is 0 Å². The van der Waals surface area contributed by atoms with Crippen LogP contribution in [0, 0.1) is 12.8 Å². The summed E-state index contributed by atoms with van der Waals surface area (Å²) >= 11 is 0. The highest BCUT2D eigenvalue weighted by atomic mass is 16.5. The van der Waals surface area contributed by atoms with Crippen LogP contribution in [-0.4, -0.2) is 29.6 Å². The fourth-order valence-electron chi connectivity index (χ4n) is 1.57. The summed E-state index contributed by atoms with van der Waals surface area (Å²) < 4.78 is 4.95. The van der Waals surface area contributed by atoms with Crippen molar-refractivity contribution in [3.63, 3.8) is 0 Å². The molecule has 0 fully saturated rings. The SMILES string of the molecule is CCC(CN)C(=O)N(C)Cc1cc(C)on1. The van der Waals surface area contributed by atoms with Gasteiger partial charge in [0.15, 0.2) is 0 Å². The first kappa shape index (κ1) is 12.7. The predicted octanol–water partition coefficient (Wildman–Crippen LogP) is 0.926. The Kier molecular flexibility index (Phi) is 4.49. The molecule has 1 aromatic heterocycles. The molecular formula is C11H19N3O2. The third-order valence-electron chi connectivity index (χ3n) is 2.58. The number of nitrogens with two attached hydrogens (primary N) is 1. The molecule has 0 spiro atoms. The normalized spacial score (nSPS) is 12.5. The van der Waals surface area contributed by atoms with Gasteiger partial charge >= 0.3 is 0 Å². The maximum Gasteiger partial charge on any atom is 0.227 e. The van der Waals surface area contributed by atoms with Crippen LogP contribution in [-0.2, 0) is 11.3 Å². The zero-order valence-corrected chi connectivity index (χ0v) is 10.1. The molecule has 0 radical (unpaired) electrons. The van der Waals surface area contributed by atoms with E-state index >= 15 is 0 Å². The summed E-state index contributed by atoms with van der Waals surface area (Å²) in [6, 6.07) is 1.83. The van der Waals surface area contributed by atoms with E-state index in [1.807, 2.05) is 19.9 Å². The van der Waals surface area contributed by atoms with Crippen molar-refractivity contribution in [3.05, 3.63) is 17.5 Å². The van der Waals surface area contributed by atoms with Crippen LogP contribution in [0.5, 0.6) is 0 Å². The van der Waals surface area contributed by atoms with E-state index in [0.29, 0.717) is 13.1 Å². The Morgan fingerprint density at radius 3 is 2.81 bits per heavy atom. The number of aromatic nitrogens is 1. The first-order valence-electron chi connectivity index (χ1n) is 5.45. The van der Waals surface area contributed by atoms with E-state index in [0.717, 1.165) is 17.9 Å². The average molecular weight is 225 g/mol. The summed E-state index contributed by atoms with van der Waals surface area (Å²) in [6.07, 6.45) is 0.761. The Morgan fingerprint density at radius 2 is 2.38 bits per heavy atom. The van der Waals surface area contributed by atoms with E-state index in [1.165, 1.54) is 0 Å². The zero-order valence-electron chi connectivity index (χ0n) is 10.1. The first-order chi connectivity index (χ1) is 7.58. The summed E-state index contributed by atoms with van der Waals surface area (Å²) in [4.78, 5) is 13.5. The molecule has 1 heterocycles. The van der Waals surface area contributed by atoms with Gasteiger partial charge in [-0.1, -0.05) is 12.1 Å². The van der Waals surface area contributed by atoms with Crippen LogP contribution in [0.3, 0.4) is 0 Å². The lowest BCUT2D eigenvalue weighted by Gasteiger charge is -2.20. The maximum atomic E-state index is 11.9.